The number of aromatic nitrogens is 1. The van der Waals surface area contributed by atoms with Crippen LogP contribution < -0.4 is 0 Å². The lowest BCUT2D eigenvalue weighted by atomic mass is 9.97. The van der Waals surface area contributed by atoms with Gasteiger partial charge in [0.2, 0.25) is 5.91 Å². The summed E-state index contributed by atoms with van der Waals surface area (Å²) >= 11 is 1.78. The quantitative estimate of drug-likeness (QED) is 0.747. The van der Waals surface area contributed by atoms with E-state index < -0.39 is 0 Å². The van der Waals surface area contributed by atoms with Crippen LogP contribution in [-0.2, 0) is 11.2 Å². The summed E-state index contributed by atoms with van der Waals surface area (Å²) < 4.78 is 1.24. The number of nitrogens with zero attached hydrogens (tertiary/aromatic N) is 2. The first-order chi connectivity index (χ1) is 12.7. The number of carbonyl (C=O) groups excluding carboxylic acids is 1. The number of fused-ring (bicyclic) bond motifs is 1. The molecule has 3 aromatic rings. The summed E-state index contributed by atoms with van der Waals surface area (Å²) in [5, 5.41) is 11.0. The number of para-hydroxylation sites is 2. The molecule has 5 heteroatoms. The maximum absolute atomic E-state index is 12.5. The van der Waals surface area contributed by atoms with Crippen LogP contribution >= 0.6 is 11.3 Å². The van der Waals surface area contributed by atoms with Crippen LogP contribution in [0.2, 0.25) is 0 Å². The number of phenolic OH excluding ortho intramolecular Hbond substituents is 1. The first kappa shape index (κ1) is 17.0. The summed E-state index contributed by atoms with van der Waals surface area (Å²) in [6.45, 7) is 1.58. The first-order valence-corrected chi connectivity index (χ1v) is 9.92. The van der Waals surface area contributed by atoms with Gasteiger partial charge in [0.1, 0.15) is 5.75 Å². The fraction of sp³-hybridized carbons (Fsp3) is 0.333. The van der Waals surface area contributed by atoms with E-state index in [1.54, 1.807) is 23.5 Å². The molecule has 1 aliphatic heterocycles. The third-order valence-electron chi connectivity index (χ3n) is 5.11. The average Bonchev–Trinajstić information content (AvgIpc) is 3.11. The van der Waals surface area contributed by atoms with Crippen LogP contribution in [0.1, 0.15) is 35.8 Å². The van der Waals surface area contributed by atoms with E-state index in [0.717, 1.165) is 37.0 Å². The molecular weight excluding hydrogens is 344 g/mol. The number of likely N-dealkylation sites (tertiary alicyclic amines) is 1. The Morgan fingerprint density at radius 1 is 1.12 bits per heavy atom. The zero-order chi connectivity index (χ0) is 17.9. The highest BCUT2D eigenvalue weighted by atomic mass is 32.1. The topological polar surface area (TPSA) is 53.4 Å². The van der Waals surface area contributed by atoms with Gasteiger partial charge in [-0.3, -0.25) is 4.79 Å². The Labute approximate surface area is 157 Å². The number of amides is 1. The van der Waals surface area contributed by atoms with Crippen LogP contribution in [0.4, 0.5) is 0 Å². The number of aromatic hydroxyl groups is 1. The van der Waals surface area contributed by atoms with Crippen molar-refractivity contribution in [3.63, 3.8) is 0 Å². The number of carbonyl (C=O) groups is 1. The number of rotatable bonds is 4. The zero-order valence-electron chi connectivity index (χ0n) is 14.6. The van der Waals surface area contributed by atoms with Crippen molar-refractivity contribution in [3.05, 3.63) is 59.1 Å². The number of piperidine rings is 1. The SMILES string of the molecule is O=C(CCc1ccccc1O)N1CCC(c2nc3ccccc3s2)CC1. The van der Waals surface area contributed by atoms with Crippen LogP contribution in [0.3, 0.4) is 0 Å². The predicted octanol–water partition coefficient (Wildman–Crippen LogP) is 4.34. The lowest BCUT2D eigenvalue weighted by Gasteiger charge is -2.31. The molecule has 1 fully saturated rings. The van der Waals surface area contributed by atoms with E-state index in [2.05, 4.69) is 18.2 Å². The molecule has 0 bridgehead atoms. The summed E-state index contributed by atoms with van der Waals surface area (Å²) in [7, 11) is 0. The van der Waals surface area contributed by atoms with Gasteiger partial charge in [-0.15, -0.1) is 11.3 Å². The molecule has 1 saturated heterocycles. The van der Waals surface area contributed by atoms with Gasteiger partial charge in [0.15, 0.2) is 0 Å². The molecule has 1 N–H and O–H groups in total. The lowest BCUT2D eigenvalue weighted by Crippen LogP contribution is -2.38. The van der Waals surface area contributed by atoms with Crippen molar-refractivity contribution in [3.8, 4) is 5.75 Å². The van der Waals surface area contributed by atoms with Gasteiger partial charge >= 0.3 is 0 Å². The van der Waals surface area contributed by atoms with Gasteiger partial charge < -0.3 is 10.0 Å². The minimum atomic E-state index is 0.177. The van der Waals surface area contributed by atoms with Gasteiger partial charge in [-0.05, 0) is 43.0 Å². The number of thiazole rings is 1. The van der Waals surface area contributed by atoms with Crippen LogP contribution in [0, 0.1) is 0 Å². The van der Waals surface area contributed by atoms with E-state index in [1.807, 2.05) is 23.1 Å². The van der Waals surface area contributed by atoms with E-state index in [0.29, 0.717) is 18.8 Å². The van der Waals surface area contributed by atoms with Crippen molar-refractivity contribution < 1.29 is 9.90 Å². The van der Waals surface area contributed by atoms with Crippen LogP contribution in [0.15, 0.2) is 48.5 Å². The summed E-state index contributed by atoms with van der Waals surface area (Å²) in [6, 6.07) is 15.5. The van der Waals surface area contributed by atoms with Gasteiger partial charge in [-0.1, -0.05) is 30.3 Å². The molecule has 2 heterocycles. The summed E-state index contributed by atoms with van der Waals surface area (Å²) in [6.07, 6.45) is 2.98. The second-order valence-corrected chi connectivity index (χ2v) is 7.87. The molecule has 134 valence electrons. The van der Waals surface area contributed by atoms with Crippen molar-refractivity contribution in [1.82, 2.24) is 9.88 Å². The number of aryl methyl sites for hydroxylation is 1. The molecule has 1 aliphatic rings. The summed E-state index contributed by atoms with van der Waals surface area (Å²) in [5.74, 6) is 0.903. The molecule has 0 unspecified atom stereocenters. The van der Waals surface area contributed by atoms with E-state index in [-0.39, 0.29) is 11.7 Å². The average molecular weight is 366 g/mol. The Bertz CT molecular complexity index is 880. The molecule has 0 aliphatic carbocycles. The fourth-order valence-electron chi connectivity index (χ4n) is 3.56. The van der Waals surface area contributed by atoms with Gasteiger partial charge in [-0.25, -0.2) is 4.98 Å². The van der Waals surface area contributed by atoms with Gasteiger partial charge in [0, 0.05) is 25.4 Å². The zero-order valence-corrected chi connectivity index (χ0v) is 15.4. The van der Waals surface area contributed by atoms with Crippen molar-refractivity contribution >= 4 is 27.5 Å². The minimum absolute atomic E-state index is 0.177. The molecule has 26 heavy (non-hydrogen) atoms. The molecule has 1 aromatic heterocycles. The van der Waals surface area contributed by atoms with Crippen molar-refractivity contribution in [2.75, 3.05) is 13.1 Å². The van der Waals surface area contributed by atoms with Crippen molar-refractivity contribution in [2.45, 2.75) is 31.6 Å². The predicted molar refractivity (Wildman–Crippen MR) is 105 cm³/mol. The molecule has 2 aromatic carbocycles. The Kier molecular flexibility index (Phi) is 4.89. The van der Waals surface area contributed by atoms with Gasteiger partial charge in [-0.2, -0.15) is 0 Å². The minimum Gasteiger partial charge on any atom is -0.508 e. The second-order valence-electron chi connectivity index (χ2n) is 6.80. The Morgan fingerprint density at radius 3 is 2.62 bits per heavy atom. The van der Waals surface area contributed by atoms with Crippen molar-refractivity contribution in [2.24, 2.45) is 0 Å². The summed E-state index contributed by atoms with van der Waals surface area (Å²) in [4.78, 5) is 19.2. The Morgan fingerprint density at radius 2 is 1.85 bits per heavy atom. The van der Waals surface area contributed by atoms with Gasteiger partial charge in [0.25, 0.3) is 0 Å². The van der Waals surface area contributed by atoms with E-state index in [1.165, 1.54) is 9.71 Å². The third-order valence-corrected chi connectivity index (χ3v) is 6.31. The Balaban J connectivity index is 1.33. The normalized spacial score (nSPS) is 15.5. The first-order valence-electron chi connectivity index (χ1n) is 9.11. The Hall–Kier alpha value is -2.40. The van der Waals surface area contributed by atoms with Crippen LogP contribution in [0.5, 0.6) is 5.75 Å². The molecule has 4 rings (SSSR count). The highest BCUT2D eigenvalue weighted by molar-refractivity contribution is 7.18. The van der Waals surface area contributed by atoms with Gasteiger partial charge in [0.05, 0.1) is 15.2 Å². The van der Waals surface area contributed by atoms with Crippen LogP contribution in [0.25, 0.3) is 10.2 Å². The van der Waals surface area contributed by atoms with E-state index in [9.17, 15) is 9.90 Å². The molecule has 1 amide bonds. The number of benzene rings is 2. The molecule has 0 spiro atoms. The summed E-state index contributed by atoms with van der Waals surface area (Å²) in [5.41, 5.74) is 1.92. The van der Waals surface area contributed by atoms with Crippen LogP contribution in [-0.4, -0.2) is 34.0 Å². The number of hydrogen-bond donors (Lipinski definition) is 1. The van der Waals surface area contributed by atoms with Crippen molar-refractivity contribution in [1.29, 1.82) is 0 Å². The maximum Gasteiger partial charge on any atom is 0.222 e. The molecular formula is C21H22N2O2S. The lowest BCUT2D eigenvalue weighted by molar-refractivity contribution is -0.132. The largest absolute Gasteiger partial charge is 0.508 e. The highest BCUT2D eigenvalue weighted by Crippen LogP contribution is 2.34. The number of phenols is 1. The number of hydrogen-bond acceptors (Lipinski definition) is 4. The molecule has 0 radical (unpaired) electrons. The monoisotopic (exact) mass is 366 g/mol. The highest BCUT2D eigenvalue weighted by Gasteiger charge is 2.25. The molecule has 4 nitrogen and oxygen atoms in total. The molecule has 0 atom stereocenters. The third kappa shape index (κ3) is 3.58. The standard InChI is InChI=1S/C21H22N2O2S/c24-18-7-3-1-5-15(18)9-10-20(25)23-13-11-16(12-14-23)21-22-17-6-2-4-8-19(17)26-21/h1-8,16,24H,9-14H2. The fourth-order valence-corrected chi connectivity index (χ4v) is 4.70. The maximum atomic E-state index is 12.5. The smallest absolute Gasteiger partial charge is 0.222 e. The van der Waals surface area contributed by atoms with E-state index >= 15 is 0 Å². The molecule has 0 saturated carbocycles. The second kappa shape index (κ2) is 7.46. The van der Waals surface area contributed by atoms with E-state index in [4.69, 9.17) is 4.98 Å².